The summed E-state index contributed by atoms with van der Waals surface area (Å²) in [5.41, 5.74) is 0.846. The summed E-state index contributed by atoms with van der Waals surface area (Å²) < 4.78 is 42.2. The molecule has 136 valence electrons. The highest BCUT2D eigenvalue weighted by atomic mass is 32.1. The van der Waals surface area contributed by atoms with Crippen molar-refractivity contribution in [1.82, 2.24) is 20.1 Å². The fourth-order valence-corrected chi connectivity index (χ4v) is 3.33. The molecule has 1 aliphatic rings. The summed E-state index contributed by atoms with van der Waals surface area (Å²) >= 11 is 1.36. The van der Waals surface area contributed by atoms with E-state index in [0.717, 1.165) is 5.69 Å². The van der Waals surface area contributed by atoms with E-state index in [4.69, 9.17) is 4.42 Å². The molecule has 3 rings (SSSR count). The third-order valence-corrected chi connectivity index (χ3v) is 4.73. The predicted molar refractivity (Wildman–Crippen MR) is 83.2 cm³/mol. The largest absolute Gasteiger partial charge is 0.470 e. The van der Waals surface area contributed by atoms with E-state index in [9.17, 15) is 18.0 Å². The van der Waals surface area contributed by atoms with Gasteiger partial charge in [0, 0.05) is 11.3 Å². The van der Waals surface area contributed by atoms with Gasteiger partial charge >= 0.3 is 12.1 Å². The third-order valence-electron chi connectivity index (χ3n) is 3.85. The summed E-state index contributed by atoms with van der Waals surface area (Å²) in [6, 6.07) is 0. The molecule has 11 heteroatoms. The molecule has 0 atom stereocenters. The average Bonchev–Trinajstić information content (AvgIpc) is 3.17. The molecule has 1 amide bonds. The number of carbonyl (C=O) groups is 1. The Kier molecular flexibility index (Phi) is 5.04. The lowest BCUT2D eigenvalue weighted by Crippen LogP contribution is -2.38. The van der Waals surface area contributed by atoms with Crippen molar-refractivity contribution in [3.63, 3.8) is 0 Å². The van der Waals surface area contributed by atoms with Crippen molar-refractivity contribution < 1.29 is 22.4 Å². The van der Waals surface area contributed by atoms with Crippen molar-refractivity contribution >= 4 is 22.4 Å². The molecule has 1 fully saturated rings. The summed E-state index contributed by atoms with van der Waals surface area (Å²) in [5, 5.41) is 11.7. The summed E-state index contributed by atoms with van der Waals surface area (Å²) in [6.07, 6.45) is -3.51. The third kappa shape index (κ3) is 4.54. The van der Waals surface area contributed by atoms with Crippen molar-refractivity contribution in [2.24, 2.45) is 0 Å². The Morgan fingerprint density at radius 2 is 2.12 bits per heavy atom. The van der Waals surface area contributed by atoms with Crippen molar-refractivity contribution in [2.75, 3.05) is 25.0 Å². The van der Waals surface area contributed by atoms with Gasteiger partial charge < -0.3 is 9.73 Å². The van der Waals surface area contributed by atoms with Crippen LogP contribution in [0, 0.1) is 6.92 Å². The van der Waals surface area contributed by atoms with Crippen molar-refractivity contribution in [3.8, 4) is 0 Å². The lowest BCUT2D eigenvalue weighted by atomic mass is 9.97. The second kappa shape index (κ2) is 7.08. The number of hydrogen-bond acceptors (Lipinski definition) is 7. The van der Waals surface area contributed by atoms with Gasteiger partial charge in [0.1, 0.15) is 0 Å². The quantitative estimate of drug-likeness (QED) is 0.885. The summed E-state index contributed by atoms with van der Waals surface area (Å²) in [6.45, 7) is 3.19. The Bertz CT molecular complexity index is 737. The molecule has 0 spiro atoms. The SMILES string of the molecule is Cc1csc(NC(=O)CN2CCC(c3nnc(C(F)(F)F)o3)CC2)n1. The van der Waals surface area contributed by atoms with E-state index in [-0.39, 0.29) is 24.3 Å². The summed E-state index contributed by atoms with van der Waals surface area (Å²) in [7, 11) is 0. The minimum absolute atomic E-state index is 0.00897. The second-order valence-electron chi connectivity index (χ2n) is 5.84. The lowest BCUT2D eigenvalue weighted by molar-refractivity contribution is -0.157. The van der Waals surface area contributed by atoms with Gasteiger partial charge in [-0.2, -0.15) is 13.2 Å². The van der Waals surface area contributed by atoms with Crippen LogP contribution in [0.25, 0.3) is 0 Å². The number of hydrogen-bond donors (Lipinski definition) is 1. The minimum atomic E-state index is -4.63. The number of alkyl halides is 3. The van der Waals surface area contributed by atoms with Crippen LogP contribution in [0.2, 0.25) is 0 Å². The zero-order valence-electron chi connectivity index (χ0n) is 13.3. The lowest BCUT2D eigenvalue weighted by Gasteiger charge is -2.29. The Hall–Kier alpha value is -2.01. The highest BCUT2D eigenvalue weighted by Gasteiger charge is 2.39. The molecule has 25 heavy (non-hydrogen) atoms. The van der Waals surface area contributed by atoms with Crippen molar-refractivity contribution in [2.45, 2.75) is 31.9 Å². The molecular formula is C14H16F3N5O2S. The van der Waals surface area contributed by atoms with Gasteiger partial charge in [-0.15, -0.1) is 21.5 Å². The van der Waals surface area contributed by atoms with Gasteiger partial charge in [-0.1, -0.05) is 0 Å². The van der Waals surface area contributed by atoms with Gasteiger partial charge in [-0.05, 0) is 32.9 Å². The normalized spacial score (nSPS) is 17.0. The minimum Gasteiger partial charge on any atom is -0.417 e. The fourth-order valence-electron chi connectivity index (χ4n) is 2.63. The van der Waals surface area contributed by atoms with E-state index in [1.807, 2.05) is 17.2 Å². The first-order valence-corrected chi connectivity index (χ1v) is 8.54. The number of aryl methyl sites for hydroxylation is 1. The highest BCUT2D eigenvalue weighted by Crippen LogP contribution is 2.32. The van der Waals surface area contributed by atoms with Gasteiger partial charge in [-0.3, -0.25) is 9.69 Å². The number of aromatic nitrogens is 3. The number of nitrogens with one attached hydrogen (secondary N) is 1. The van der Waals surface area contributed by atoms with E-state index in [1.54, 1.807) is 0 Å². The molecule has 1 aliphatic heterocycles. The molecule has 0 unspecified atom stereocenters. The van der Waals surface area contributed by atoms with Gasteiger partial charge in [0.2, 0.25) is 11.8 Å². The van der Waals surface area contributed by atoms with Crippen LogP contribution < -0.4 is 5.32 Å². The Morgan fingerprint density at radius 1 is 1.40 bits per heavy atom. The molecule has 1 saturated heterocycles. The van der Waals surface area contributed by atoms with Crippen molar-refractivity contribution in [1.29, 1.82) is 0 Å². The summed E-state index contributed by atoms with van der Waals surface area (Å²) in [5.74, 6) is -1.69. The number of halogens is 3. The molecule has 0 saturated carbocycles. The average molecular weight is 375 g/mol. The molecule has 1 N–H and O–H groups in total. The van der Waals surface area contributed by atoms with E-state index in [0.29, 0.717) is 31.1 Å². The van der Waals surface area contributed by atoms with Crippen LogP contribution in [0.4, 0.5) is 18.3 Å². The number of carbonyl (C=O) groups excluding carboxylic acids is 1. The van der Waals surface area contributed by atoms with Crippen molar-refractivity contribution in [3.05, 3.63) is 22.9 Å². The van der Waals surface area contributed by atoms with E-state index < -0.39 is 12.1 Å². The maximum Gasteiger partial charge on any atom is 0.470 e. The Balaban J connectivity index is 1.48. The van der Waals surface area contributed by atoms with Crippen LogP contribution in [0.1, 0.15) is 36.2 Å². The molecule has 0 aromatic carbocycles. The number of likely N-dealkylation sites (tertiary alicyclic amines) is 1. The number of nitrogens with zero attached hydrogens (tertiary/aromatic N) is 4. The first-order valence-electron chi connectivity index (χ1n) is 7.66. The van der Waals surface area contributed by atoms with Crippen LogP contribution in [-0.4, -0.2) is 45.6 Å². The standard InChI is InChI=1S/C14H16F3N5O2S/c1-8-7-25-13(18-8)19-10(23)6-22-4-2-9(3-5-22)11-20-21-12(24-11)14(15,16)17/h7,9H,2-6H2,1H3,(H,18,19,23). The molecule has 0 bridgehead atoms. The van der Waals surface area contributed by atoms with E-state index in [2.05, 4.69) is 20.5 Å². The topological polar surface area (TPSA) is 84.2 Å². The number of amides is 1. The Morgan fingerprint density at radius 3 is 2.68 bits per heavy atom. The fraction of sp³-hybridized carbons (Fsp3) is 0.571. The molecular weight excluding hydrogens is 359 g/mol. The predicted octanol–water partition coefficient (Wildman–Crippen LogP) is 2.67. The first kappa shape index (κ1) is 17.8. The van der Waals surface area contributed by atoms with Crippen LogP contribution in [0.15, 0.2) is 9.80 Å². The molecule has 2 aromatic rings. The van der Waals surface area contributed by atoms with Gasteiger partial charge in [-0.25, -0.2) is 4.98 Å². The van der Waals surface area contributed by atoms with Crippen LogP contribution in [0.3, 0.4) is 0 Å². The maximum atomic E-state index is 12.5. The monoisotopic (exact) mass is 375 g/mol. The molecule has 2 aromatic heterocycles. The maximum absolute atomic E-state index is 12.5. The number of anilines is 1. The number of piperidine rings is 1. The van der Waals surface area contributed by atoms with Crippen LogP contribution >= 0.6 is 11.3 Å². The smallest absolute Gasteiger partial charge is 0.417 e. The number of rotatable bonds is 4. The van der Waals surface area contributed by atoms with Gasteiger partial charge in [0.25, 0.3) is 0 Å². The van der Waals surface area contributed by atoms with E-state index in [1.165, 1.54) is 11.3 Å². The van der Waals surface area contributed by atoms with Crippen LogP contribution in [0.5, 0.6) is 0 Å². The molecule has 0 aliphatic carbocycles. The highest BCUT2D eigenvalue weighted by molar-refractivity contribution is 7.13. The molecule has 7 nitrogen and oxygen atoms in total. The van der Waals surface area contributed by atoms with E-state index >= 15 is 0 Å². The molecule has 3 heterocycles. The summed E-state index contributed by atoms with van der Waals surface area (Å²) in [4.78, 5) is 18.1. The second-order valence-corrected chi connectivity index (χ2v) is 6.69. The first-order chi connectivity index (χ1) is 11.8. The zero-order chi connectivity index (χ0) is 18.0. The Labute approximate surface area is 145 Å². The molecule has 0 radical (unpaired) electrons. The number of thiazole rings is 1. The van der Waals surface area contributed by atoms with Gasteiger partial charge in [0.15, 0.2) is 5.13 Å². The van der Waals surface area contributed by atoms with Crippen LogP contribution in [-0.2, 0) is 11.0 Å². The van der Waals surface area contributed by atoms with Gasteiger partial charge in [0.05, 0.1) is 12.2 Å². The zero-order valence-corrected chi connectivity index (χ0v) is 14.2.